The van der Waals surface area contributed by atoms with Crippen molar-refractivity contribution in [2.75, 3.05) is 0 Å². The zero-order valence-electron chi connectivity index (χ0n) is 12.9. The molecule has 0 saturated carbocycles. The van der Waals surface area contributed by atoms with Gasteiger partial charge in [0.15, 0.2) is 0 Å². The van der Waals surface area contributed by atoms with Gasteiger partial charge in [0.05, 0.1) is 0 Å². The molecule has 0 bridgehead atoms. The maximum absolute atomic E-state index is 12.2. The van der Waals surface area contributed by atoms with Gasteiger partial charge in [0.1, 0.15) is 0 Å². The standard InChI is InChI=1S/C17H22N2O2/c1-5-15(20)19-16(21)11-14(17(2,3)4)18(19)12-13-9-7-6-8-10-13/h5-10,14H,1,11-12H2,2-4H3. The fourth-order valence-electron chi connectivity index (χ4n) is 2.68. The highest BCUT2D eigenvalue weighted by atomic mass is 16.2. The number of rotatable bonds is 3. The highest BCUT2D eigenvalue weighted by Crippen LogP contribution is 2.34. The van der Waals surface area contributed by atoms with Gasteiger partial charge in [-0.1, -0.05) is 57.7 Å². The Morgan fingerprint density at radius 2 is 1.95 bits per heavy atom. The molecule has 1 aromatic carbocycles. The van der Waals surface area contributed by atoms with Gasteiger partial charge in [-0.2, -0.15) is 0 Å². The Hall–Kier alpha value is -1.94. The van der Waals surface area contributed by atoms with E-state index in [-0.39, 0.29) is 23.3 Å². The zero-order chi connectivity index (χ0) is 15.6. The average Bonchev–Trinajstić information content (AvgIpc) is 2.76. The van der Waals surface area contributed by atoms with Crippen LogP contribution in [0, 0.1) is 5.41 Å². The van der Waals surface area contributed by atoms with Gasteiger partial charge in [-0.25, -0.2) is 10.0 Å². The monoisotopic (exact) mass is 286 g/mol. The molecule has 4 nitrogen and oxygen atoms in total. The van der Waals surface area contributed by atoms with Crippen molar-refractivity contribution in [1.82, 2.24) is 10.0 Å². The summed E-state index contributed by atoms with van der Waals surface area (Å²) in [6.45, 7) is 10.3. The van der Waals surface area contributed by atoms with Crippen LogP contribution in [0.15, 0.2) is 43.0 Å². The molecule has 0 spiro atoms. The molecule has 1 saturated heterocycles. The van der Waals surface area contributed by atoms with Gasteiger partial charge in [0.25, 0.3) is 5.91 Å². The molecule has 1 aliphatic rings. The molecule has 2 amide bonds. The molecule has 0 aliphatic carbocycles. The van der Waals surface area contributed by atoms with Crippen molar-refractivity contribution >= 4 is 11.8 Å². The lowest BCUT2D eigenvalue weighted by atomic mass is 9.85. The minimum absolute atomic E-state index is 0.00546. The Labute approximate surface area is 126 Å². The summed E-state index contributed by atoms with van der Waals surface area (Å²) in [4.78, 5) is 24.3. The number of hydrogen-bond donors (Lipinski definition) is 0. The van der Waals surface area contributed by atoms with Gasteiger partial charge in [-0.05, 0) is 17.1 Å². The van der Waals surface area contributed by atoms with Gasteiger partial charge in [0.2, 0.25) is 5.91 Å². The molecular weight excluding hydrogens is 264 g/mol. The van der Waals surface area contributed by atoms with Crippen LogP contribution in [0.3, 0.4) is 0 Å². The molecule has 4 heteroatoms. The van der Waals surface area contributed by atoms with E-state index in [1.54, 1.807) is 0 Å². The van der Waals surface area contributed by atoms with Crippen molar-refractivity contribution < 1.29 is 9.59 Å². The van der Waals surface area contributed by atoms with Crippen molar-refractivity contribution in [2.24, 2.45) is 5.41 Å². The maximum atomic E-state index is 12.2. The van der Waals surface area contributed by atoms with Gasteiger partial charge in [0, 0.05) is 19.0 Å². The van der Waals surface area contributed by atoms with E-state index in [1.165, 1.54) is 11.1 Å². The molecular formula is C17H22N2O2. The lowest BCUT2D eigenvalue weighted by Gasteiger charge is -2.36. The highest BCUT2D eigenvalue weighted by Gasteiger charge is 2.45. The van der Waals surface area contributed by atoms with Crippen LogP contribution in [0.1, 0.15) is 32.8 Å². The number of benzene rings is 1. The molecule has 0 radical (unpaired) electrons. The number of carbonyl (C=O) groups is 2. The second-order valence-corrected chi connectivity index (χ2v) is 6.42. The van der Waals surface area contributed by atoms with Crippen LogP contribution in [0.4, 0.5) is 0 Å². The predicted octanol–water partition coefficient (Wildman–Crippen LogP) is 2.76. The summed E-state index contributed by atoms with van der Waals surface area (Å²) in [6, 6.07) is 9.86. The van der Waals surface area contributed by atoms with Crippen LogP contribution >= 0.6 is 0 Å². The minimum atomic E-state index is -0.359. The Morgan fingerprint density at radius 1 is 1.33 bits per heavy atom. The molecule has 1 fully saturated rings. The van der Waals surface area contributed by atoms with Gasteiger partial charge in [-0.15, -0.1) is 0 Å². The minimum Gasteiger partial charge on any atom is -0.273 e. The van der Waals surface area contributed by atoms with Crippen LogP contribution in [0.2, 0.25) is 0 Å². The molecule has 112 valence electrons. The molecule has 0 N–H and O–H groups in total. The van der Waals surface area contributed by atoms with Gasteiger partial charge < -0.3 is 0 Å². The van der Waals surface area contributed by atoms with Crippen LogP contribution in [0.5, 0.6) is 0 Å². The number of imide groups is 1. The summed E-state index contributed by atoms with van der Waals surface area (Å²) in [6.07, 6.45) is 1.55. The number of hydrogen-bond acceptors (Lipinski definition) is 3. The van der Waals surface area contributed by atoms with E-state index >= 15 is 0 Å². The van der Waals surface area contributed by atoms with E-state index in [0.29, 0.717) is 13.0 Å². The van der Waals surface area contributed by atoms with Crippen LogP contribution in [0.25, 0.3) is 0 Å². The SMILES string of the molecule is C=CC(=O)N1C(=O)CC(C(C)(C)C)N1Cc1ccccc1. The third-order valence-electron chi connectivity index (χ3n) is 3.79. The molecule has 1 aromatic rings. The quantitative estimate of drug-likeness (QED) is 0.802. The molecule has 1 heterocycles. The Kier molecular flexibility index (Phi) is 4.28. The topological polar surface area (TPSA) is 40.6 Å². The van der Waals surface area contributed by atoms with E-state index in [9.17, 15) is 9.59 Å². The molecule has 2 rings (SSSR count). The van der Waals surface area contributed by atoms with Crippen molar-refractivity contribution in [1.29, 1.82) is 0 Å². The van der Waals surface area contributed by atoms with Gasteiger partial charge >= 0.3 is 0 Å². The first kappa shape index (κ1) is 15.4. The van der Waals surface area contributed by atoms with E-state index in [1.807, 2.05) is 35.3 Å². The largest absolute Gasteiger partial charge is 0.273 e. The summed E-state index contributed by atoms with van der Waals surface area (Å²) in [5.74, 6) is -0.515. The summed E-state index contributed by atoms with van der Waals surface area (Å²) in [5.41, 5.74) is 0.976. The fraction of sp³-hybridized carbons (Fsp3) is 0.412. The van der Waals surface area contributed by atoms with Crippen molar-refractivity contribution in [3.63, 3.8) is 0 Å². The van der Waals surface area contributed by atoms with E-state index < -0.39 is 0 Å². The third kappa shape index (κ3) is 3.22. The third-order valence-corrected chi connectivity index (χ3v) is 3.79. The summed E-state index contributed by atoms with van der Waals surface area (Å²) >= 11 is 0. The summed E-state index contributed by atoms with van der Waals surface area (Å²) in [7, 11) is 0. The fourth-order valence-corrected chi connectivity index (χ4v) is 2.68. The second kappa shape index (κ2) is 5.82. The number of hydrazine groups is 1. The molecule has 1 unspecified atom stereocenters. The van der Waals surface area contributed by atoms with Crippen LogP contribution in [-0.4, -0.2) is 27.9 Å². The first-order chi connectivity index (χ1) is 9.84. The molecule has 0 aromatic heterocycles. The Bertz CT molecular complexity index is 546. The van der Waals surface area contributed by atoms with E-state index in [2.05, 4.69) is 27.4 Å². The molecule has 21 heavy (non-hydrogen) atoms. The Balaban J connectivity index is 2.34. The maximum Gasteiger partial charge on any atom is 0.267 e. The lowest BCUT2D eigenvalue weighted by molar-refractivity contribution is -0.156. The normalized spacial score (nSPS) is 19.9. The van der Waals surface area contributed by atoms with Crippen molar-refractivity contribution in [2.45, 2.75) is 39.8 Å². The van der Waals surface area contributed by atoms with E-state index in [0.717, 1.165) is 5.56 Å². The first-order valence-corrected chi connectivity index (χ1v) is 7.14. The number of nitrogens with zero attached hydrogens (tertiary/aromatic N) is 2. The van der Waals surface area contributed by atoms with Gasteiger partial charge in [-0.3, -0.25) is 9.59 Å². The average molecular weight is 286 g/mol. The summed E-state index contributed by atoms with van der Waals surface area (Å²) in [5, 5.41) is 3.12. The second-order valence-electron chi connectivity index (χ2n) is 6.42. The van der Waals surface area contributed by atoms with Crippen molar-refractivity contribution in [3.8, 4) is 0 Å². The number of carbonyl (C=O) groups excluding carboxylic acids is 2. The Morgan fingerprint density at radius 3 is 2.48 bits per heavy atom. The lowest BCUT2D eigenvalue weighted by Crippen LogP contribution is -2.48. The number of amides is 2. The van der Waals surface area contributed by atoms with E-state index in [4.69, 9.17) is 0 Å². The first-order valence-electron chi connectivity index (χ1n) is 7.14. The van der Waals surface area contributed by atoms with Crippen molar-refractivity contribution in [3.05, 3.63) is 48.6 Å². The summed E-state index contributed by atoms with van der Waals surface area (Å²) < 4.78 is 0. The van der Waals surface area contributed by atoms with Crippen LogP contribution in [-0.2, 0) is 16.1 Å². The predicted molar refractivity (Wildman–Crippen MR) is 81.9 cm³/mol. The molecule has 1 atom stereocenters. The zero-order valence-corrected chi connectivity index (χ0v) is 12.9. The van der Waals surface area contributed by atoms with Crippen LogP contribution < -0.4 is 0 Å². The smallest absolute Gasteiger partial charge is 0.267 e. The highest BCUT2D eigenvalue weighted by molar-refractivity contribution is 6.01. The molecule has 1 aliphatic heterocycles.